The zero-order chi connectivity index (χ0) is 10.8. The van der Waals surface area contributed by atoms with Gasteiger partial charge >= 0.3 is 0 Å². The van der Waals surface area contributed by atoms with E-state index in [2.05, 4.69) is 24.4 Å². The standard InChI is InChI=1S/C14H27N/c1-14-10-6-3-2-4-8-12-15-13-9-5-7-11-14/h2,4,14-15H,3,5-13H2,1H3/b4-2-/t14-/m1/s1. The van der Waals surface area contributed by atoms with Crippen LogP contribution in [0.5, 0.6) is 0 Å². The number of rotatable bonds is 0. The maximum Gasteiger partial charge on any atom is -0.00143 e. The smallest absolute Gasteiger partial charge is 0.00143 e. The Morgan fingerprint density at radius 1 is 0.867 bits per heavy atom. The minimum Gasteiger partial charge on any atom is -0.316 e. The Kier molecular flexibility index (Phi) is 7.63. The van der Waals surface area contributed by atoms with Gasteiger partial charge in [0.1, 0.15) is 0 Å². The Hall–Kier alpha value is -0.300. The topological polar surface area (TPSA) is 12.0 Å². The van der Waals surface area contributed by atoms with Gasteiger partial charge in [-0.15, -0.1) is 0 Å². The molecule has 0 aromatic carbocycles. The van der Waals surface area contributed by atoms with Gasteiger partial charge in [0.25, 0.3) is 0 Å². The summed E-state index contributed by atoms with van der Waals surface area (Å²) < 4.78 is 0. The fraction of sp³-hybridized carbons (Fsp3) is 0.857. The lowest BCUT2D eigenvalue weighted by atomic mass is 9.97. The van der Waals surface area contributed by atoms with E-state index < -0.39 is 0 Å². The zero-order valence-electron chi connectivity index (χ0n) is 10.3. The average molecular weight is 209 g/mol. The maximum absolute atomic E-state index is 3.50. The highest BCUT2D eigenvalue weighted by molar-refractivity contribution is 4.82. The van der Waals surface area contributed by atoms with E-state index in [1.165, 1.54) is 57.9 Å². The van der Waals surface area contributed by atoms with E-state index in [-0.39, 0.29) is 0 Å². The molecule has 1 rings (SSSR count). The lowest BCUT2D eigenvalue weighted by Gasteiger charge is -2.11. The highest BCUT2D eigenvalue weighted by Crippen LogP contribution is 2.16. The van der Waals surface area contributed by atoms with Crippen LogP contribution in [0.25, 0.3) is 0 Å². The van der Waals surface area contributed by atoms with Crippen LogP contribution >= 0.6 is 0 Å². The minimum atomic E-state index is 0.939. The quantitative estimate of drug-likeness (QED) is 0.597. The van der Waals surface area contributed by atoms with Gasteiger partial charge in [-0.1, -0.05) is 44.8 Å². The molecule has 1 N–H and O–H groups in total. The first-order valence-electron chi connectivity index (χ1n) is 6.75. The van der Waals surface area contributed by atoms with Crippen LogP contribution in [-0.2, 0) is 0 Å². The molecule has 0 aromatic heterocycles. The zero-order valence-corrected chi connectivity index (χ0v) is 10.3. The van der Waals surface area contributed by atoms with Gasteiger partial charge in [-0.3, -0.25) is 0 Å². The molecule has 0 amide bonds. The van der Waals surface area contributed by atoms with Gasteiger partial charge in [-0.2, -0.15) is 0 Å². The average Bonchev–Trinajstić information content (AvgIpc) is 2.24. The van der Waals surface area contributed by atoms with Gasteiger partial charge in [0.05, 0.1) is 0 Å². The first-order chi connectivity index (χ1) is 7.39. The summed E-state index contributed by atoms with van der Waals surface area (Å²) in [6, 6.07) is 0. The second kappa shape index (κ2) is 8.96. The lowest BCUT2D eigenvalue weighted by Crippen LogP contribution is -2.16. The molecule has 0 spiro atoms. The summed E-state index contributed by atoms with van der Waals surface area (Å²) in [7, 11) is 0. The van der Waals surface area contributed by atoms with Crippen molar-refractivity contribution in [2.45, 2.75) is 58.3 Å². The van der Waals surface area contributed by atoms with Crippen molar-refractivity contribution in [1.82, 2.24) is 5.32 Å². The normalized spacial score (nSPS) is 29.3. The van der Waals surface area contributed by atoms with E-state index in [0.717, 1.165) is 12.5 Å². The Morgan fingerprint density at radius 2 is 1.67 bits per heavy atom. The molecule has 0 aromatic rings. The summed E-state index contributed by atoms with van der Waals surface area (Å²) >= 11 is 0. The SMILES string of the molecule is C[C@@H]1CCC/C=C\CCNCCCCC1. The van der Waals surface area contributed by atoms with Crippen LogP contribution in [0.2, 0.25) is 0 Å². The molecule has 0 fully saturated rings. The summed E-state index contributed by atoms with van der Waals surface area (Å²) in [4.78, 5) is 0. The fourth-order valence-corrected chi connectivity index (χ4v) is 2.19. The van der Waals surface area contributed by atoms with Gasteiger partial charge < -0.3 is 5.32 Å². The second-order valence-electron chi connectivity index (χ2n) is 4.90. The molecule has 1 heteroatoms. The molecule has 1 aliphatic heterocycles. The summed E-state index contributed by atoms with van der Waals surface area (Å²) in [6.07, 6.45) is 15.6. The van der Waals surface area contributed by atoms with Crippen molar-refractivity contribution in [3.63, 3.8) is 0 Å². The van der Waals surface area contributed by atoms with E-state index in [9.17, 15) is 0 Å². The molecule has 1 atom stereocenters. The van der Waals surface area contributed by atoms with Crippen molar-refractivity contribution in [2.24, 2.45) is 5.92 Å². The molecule has 1 aliphatic rings. The summed E-state index contributed by atoms with van der Waals surface area (Å²) in [5.41, 5.74) is 0. The number of hydrogen-bond acceptors (Lipinski definition) is 1. The second-order valence-corrected chi connectivity index (χ2v) is 4.90. The van der Waals surface area contributed by atoms with Crippen molar-refractivity contribution in [3.05, 3.63) is 12.2 Å². The van der Waals surface area contributed by atoms with Gasteiger partial charge in [-0.25, -0.2) is 0 Å². The molecule has 0 bridgehead atoms. The first-order valence-corrected chi connectivity index (χ1v) is 6.75. The van der Waals surface area contributed by atoms with Gasteiger partial charge in [0, 0.05) is 0 Å². The Morgan fingerprint density at radius 3 is 2.60 bits per heavy atom. The van der Waals surface area contributed by atoms with Crippen LogP contribution in [0.4, 0.5) is 0 Å². The molecule has 1 heterocycles. The number of hydrogen-bond donors (Lipinski definition) is 1. The lowest BCUT2D eigenvalue weighted by molar-refractivity contribution is 0.446. The van der Waals surface area contributed by atoms with E-state index in [0.29, 0.717) is 0 Å². The van der Waals surface area contributed by atoms with Gasteiger partial charge in [0.2, 0.25) is 0 Å². The van der Waals surface area contributed by atoms with Crippen molar-refractivity contribution in [2.75, 3.05) is 13.1 Å². The van der Waals surface area contributed by atoms with E-state index in [1.54, 1.807) is 0 Å². The largest absolute Gasteiger partial charge is 0.316 e. The predicted molar refractivity (Wildman–Crippen MR) is 68.1 cm³/mol. The monoisotopic (exact) mass is 209 g/mol. The van der Waals surface area contributed by atoms with Crippen molar-refractivity contribution in [3.8, 4) is 0 Å². The Bertz CT molecular complexity index is 163. The number of allylic oxidation sites excluding steroid dienone is 1. The van der Waals surface area contributed by atoms with Crippen LogP contribution in [-0.4, -0.2) is 13.1 Å². The number of nitrogens with one attached hydrogen (secondary N) is 1. The van der Waals surface area contributed by atoms with Gasteiger partial charge in [0.15, 0.2) is 0 Å². The Labute approximate surface area is 95.3 Å². The molecule has 88 valence electrons. The Balaban J connectivity index is 2.18. The molecule has 15 heavy (non-hydrogen) atoms. The van der Waals surface area contributed by atoms with Crippen LogP contribution in [0.15, 0.2) is 12.2 Å². The van der Waals surface area contributed by atoms with Crippen LogP contribution < -0.4 is 5.32 Å². The van der Waals surface area contributed by atoms with E-state index in [1.807, 2.05) is 0 Å². The molecule has 0 aliphatic carbocycles. The van der Waals surface area contributed by atoms with E-state index >= 15 is 0 Å². The molecule has 0 saturated carbocycles. The van der Waals surface area contributed by atoms with Crippen molar-refractivity contribution < 1.29 is 0 Å². The van der Waals surface area contributed by atoms with Crippen molar-refractivity contribution in [1.29, 1.82) is 0 Å². The molecular weight excluding hydrogens is 182 g/mol. The van der Waals surface area contributed by atoms with Crippen molar-refractivity contribution >= 4 is 0 Å². The molecule has 1 nitrogen and oxygen atoms in total. The molecule has 0 radical (unpaired) electrons. The highest BCUT2D eigenvalue weighted by Gasteiger charge is 2.01. The van der Waals surface area contributed by atoms with Crippen LogP contribution in [0.1, 0.15) is 58.3 Å². The fourth-order valence-electron chi connectivity index (χ4n) is 2.19. The summed E-state index contributed by atoms with van der Waals surface area (Å²) in [5, 5.41) is 3.50. The minimum absolute atomic E-state index is 0.939. The predicted octanol–water partition coefficient (Wildman–Crippen LogP) is 3.90. The van der Waals surface area contributed by atoms with Gasteiger partial charge in [-0.05, 0) is 44.7 Å². The molecule has 0 saturated heterocycles. The van der Waals surface area contributed by atoms with E-state index in [4.69, 9.17) is 0 Å². The maximum atomic E-state index is 3.50. The summed E-state index contributed by atoms with van der Waals surface area (Å²) in [6.45, 7) is 4.78. The molecule has 0 unspecified atom stereocenters. The highest BCUT2D eigenvalue weighted by atomic mass is 14.8. The third-order valence-corrected chi connectivity index (χ3v) is 3.27. The first kappa shape index (κ1) is 12.8. The third kappa shape index (κ3) is 7.61. The van der Waals surface area contributed by atoms with Crippen LogP contribution in [0, 0.1) is 5.92 Å². The molecular formula is C14H27N. The summed E-state index contributed by atoms with van der Waals surface area (Å²) in [5.74, 6) is 0.939. The third-order valence-electron chi connectivity index (χ3n) is 3.27. The van der Waals surface area contributed by atoms with Crippen LogP contribution in [0.3, 0.4) is 0 Å².